The van der Waals surface area contributed by atoms with Gasteiger partial charge in [-0.3, -0.25) is 4.79 Å². The molecule has 2 aromatic heterocycles. The fourth-order valence-corrected chi connectivity index (χ4v) is 4.51. The van der Waals surface area contributed by atoms with Gasteiger partial charge in [-0.1, -0.05) is 29.3 Å². The second kappa shape index (κ2) is 9.80. The van der Waals surface area contributed by atoms with E-state index in [0.29, 0.717) is 40.3 Å². The molecule has 1 aliphatic rings. The van der Waals surface area contributed by atoms with E-state index in [0.717, 1.165) is 40.9 Å². The fraction of sp³-hybridized carbons (Fsp3) is 0.222. The first-order valence-corrected chi connectivity index (χ1v) is 12.1. The van der Waals surface area contributed by atoms with E-state index >= 15 is 0 Å². The molecule has 0 bridgehead atoms. The van der Waals surface area contributed by atoms with E-state index in [1.54, 1.807) is 25.1 Å². The third-order valence-corrected chi connectivity index (χ3v) is 6.84. The van der Waals surface area contributed by atoms with E-state index in [1.165, 1.54) is 6.07 Å². The maximum atomic E-state index is 13.6. The molecule has 5 nitrogen and oxygen atoms in total. The Hall–Kier alpha value is -3.22. The Kier molecular flexibility index (Phi) is 6.58. The standard InChI is InChI=1S/C27H23Cl2FN4O/c1-16-22(5-7-25(30)33-16)20-10-18(15-34-9-8-31-26(34)19-3-4-19)11-21(13-20)27(35)32-14-17-2-6-23(28)24(29)12-17/h2,5-13,19H,3-4,14-15H2,1H3,(H,32,35). The number of nitrogens with zero attached hydrogens (tertiary/aromatic N) is 3. The molecule has 4 aromatic rings. The number of carbonyl (C=O) groups excluding carboxylic acids is 1. The van der Waals surface area contributed by atoms with Gasteiger partial charge in [0.2, 0.25) is 5.95 Å². The number of benzene rings is 2. The Balaban J connectivity index is 1.46. The second-order valence-corrected chi connectivity index (χ2v) is 9.62. The highest BCUT2D eigenvalue weighted by Gasteiger charge is 2.28. The molecule has 1 fully saturated rings. The summed E-state index contributed by atoms with van der Waals surface area (Å²) in [6.07, 6.45) is 6.09. The van der Waals surface area contributed by atoms with Crippen LogP contribution in [-0.4, -0.2) is 20.4 Å². The quantitative estimate of drug-likeness (QED) is 0.287. The van der Waals surface area contributed by atoms with Crippen LogP contribution < -0.4 is 5.32 Å². The van der Waals surface area contributed by atoms with Gasteiger partial charge in [0.05, 0.1) is 10.0 Å². The van der Waals surface area contributed by atoms with E-state index in [9.17, 15) is 9.18 Å². The van der Waals surface area contributed by atoms with Gasteiger partial charge in [0.15, 0.2) is 0 Å². The predicted molar refractivity (Wildman–Crippen MR) is 135 cm³/mol. The molecule has 2 heterocycles. The number of nitrogens with one attached hydrogen (secondary N) is 1. The molecule has 1 saturated carbocycles. The maximum Gasteiger partial charge on any atom is 0.251 e. The highest BCUT2D eigenvalue weighted by Crippen LogP contribution is 2.39. The van der Waals surface area contributed by atoms with Crippen LogP contribution in [0, 0.1) is 12.9 Å². The lowest BCUT2D eigenvalue weighted by Crippen LogP contribution is -2.23. The lowest BCUT2D eigenvalue weighted by molar-refractivity contribution is 0.0951. The van der Waals surface area contributed by atoms with Gasteiger partial charge in [-0.05, 0) is 78.9 Å². The zero-order valence-electron chi connectivity index (χ0n) is 19.1. The molecule has 0 aliphatic heterocycles. The van der Waals surface area contributed by atoms with Crippen LogP contribution in [0.4, 0.5) is 4.39 Å². The van der Waals surface area contributed by atoms with Gasteiger partial charge >= 0.3 is 0 Å². The molecule has 0 radical (unpaired) electrons. The zero-order valence-corrected chi connectivity index (χ0v) is 20.6. The van der Waals surface area contributed by atoms with Crippen LogP contribution in [0.15, 0.2) is 60.9 Å². The molecule has 0 spiro atoms. The normalized spacial score (nSPS) is 13.1. The number of halogens is 3. The summed E-state index contributed by atoms with van der Waals surface area (Å²) >= 11 is 12.1. The number of aryl methyl sites for hydroxylation is 1. The van der Waals surface area contributed by atoms with E-state index in [4.69, 9.17) is 23.2 Å². The monoisotopic (exact) mass is 508 g/mol. The molecular weight excluding hydrogens is 486 g/mol. The highest BCUT2D eigenvalue weighted by atomic mass is 35.5. The Morgan fingerprint density at radius 3 is 2.66 bits per heavy atom. The van der Waals surface area contributed by atoms with E-state index in [1.807, 2.05) is 36.7 Å². The summed E-state index contributed by atoms with van der Waals surface area (Å²) in [5, 5.41) is 3.86. The second-order valence-electron chi connectivity index (χ2n) is 8.80. The number of hydrogen-bond donors (Lipinski definition) is 1. The van der Waals surface area contributed by atoms with Crippen molar-refractivity contribution in [3.05, 3.63) is 105 Å². The molecule has 1 N–H and O–H groups in total. The van der Waals surface area contributed by atoms with Crippen molar-refractivity contribution in [1.29, 1.82) is 0 Å². The van der Waals surface area contributed by atoms with Crippen LogP contribution in [0.3, 0.4) is 0 Å². The molecule has 178 valence electrons. The Labute approximate surface area is 212 Å². The molecule has 2 aromatic carbocycles. The molecule has 35 heavy (non-hydrogen) atoms. The number of rotatable bonds is 7. The average molecular weight is 509 g/mol. The Bertz CT molecular complexity index is 1410. The van der Waals surface area contributed by atoms with Crippen molar-refractivity contribution in [1.82, 2.24) is 19.9 Å². The van der Waals surface area contributed by atoms with E-state index in [2.05, 4.69) is 19.9 Å². The molecule has 8 heteroatoms. The summed E-state index contributed by atoms with van der Waals surface area (Å²) < 4.78 is 15.8. The summed E-state index contributed by atoms with van der Waals surface area (Å²) in [6, 6.07) is 14.0. The molecule has 1 amide bonds. The lowest BCUT2D eigenvalue weighted by atomic mass is 9.98. The minimum Gasteiger partial charge on any atom is -0.348 e. The number of pyridine rings is 1. The Morgan fingerprint density at radius 2 is 1.91 bits per heavy atom. The third-order valence-electron chi connectivity index (χ3n) is 6.10. The molecule has 0 unspecified atom stereocenters. The first-order valence-electron chi connectivity index (χ1n) is 11.4. The number of aromatic nitrogens is 3. The van der Waals surface area contributed by atoms with E-state index in [-0.39, 0.29) is 5.91 Å². The summed E-state index contributed by atoms with van der Waals surface area (Å²) in [7, 11) is 0. The van der Waals surface area contributed by atoms with Crippen molar-refractivity contribution >= 4 is 29.1 Å². The van der Waals surface area contributed by atoms with Crippen molar-refractivity contribution in [2.24, 2.45) is 0 Å². The first-order chi connectivity index (χ1) is 16.9. The van der Waals surface area contributed by atoms with Crippen molar-refractivity contribution < 1.29 is 9.18 Å². The SMILES string of the molecule is Cc1nc(F)ccc1-c1cc(Cn2ccnc2C2CC2)cc(C(=O)NCc2ccc(Cl)c(Cl)c2)c1. The molecule has 0 saturated heterocycles. The van der Waals surface area contributed by atoms with Crippen LogP contribution in [0.5, 0.6) is 0 Å². The van der Waals surface area contributed by atoms with Crippen LogP contribution >= 0.6 is 23.2 Å². The van der Waals surface area contributed by atoms with Gasteiger partial charge < -0.3 is 9.88 Å². The molecule has 5 rings (SSSR count). The van der Waals surface area contributed by atoms with Crippen molar-refractivity contribution in [3.8, 4) is 11.1 Å². The number of carbonyl (C=O) groups is 1. The largest absolute Gasteiger partial charge is 0.348 e. The number of hydrogen-bond acceptors (Lipinski definition) is 3. The number of imidazole rings is 1. The first kappa shape index (κ1) is 23.5. The smallest absolute Gasteiger partial charge is 0.251 e. The highest BCUT2D eigenvalue weighted by molar-refractivity contribution is 6.42. The topological polar surface area (TPSA) is 59.8 Å². The Morgan fingerprint density at radius 1 is 1.09 bits per heavy atom. The van der Waals surface area contributed by atoms with Crippen LogP contribution in [0.2, 0.25) is 10.0 Å². The van der Waals surface area contributed by atoms with Crippen LogP contribution in [0.1, 0.15) is 51.8 Å². The lowest BCUT2D eigenvalue weighted by Gasteiger charge is -2.14. The zero-order chi connectivity index (χ0) is 24.5. The third kappa shape index (κ3) is 5.39. The molecular formula is C27H23Cl2FN4O. The van der Waals surface area contributed by atoms with Gasteiger partial charge in [0.25, 0.3) is 5.91 Å². The van der Waals surface area contributed by atoms with Crippen molar-refractivity contribution in [3.63, 3.8) is 0 Å². The van der Waals surface area contributed by atoms with Crippen LogP contribution in [-0.2, 0) is 13.1 Å². The maximum absolute atomic E-state index is 13.6. The minimum absolute atomic E-state index is 0.222. The van der Waals surface area contributed by atoms with E-state index < -0.39 is 5.95 Å². The van der Waals surface area contributed by atoms with Crippen molar-refractivity contribution in [2.45, 2.75) is 38.8 Å². The molecule has 1 aliphatic carbocycles. The summed E-state index contributed by atoms with van der Waals surface area (Å²) in [4.78, 5) is 21.7. The molecule has 0 atom stereocenters. The summed E-state index contributed by atoms with van der Waals surface area (Å²) in [5.41, 5.74) is 4.45. The van der Waals surface area contributed by atoms with Crippen LogP contribution in [0.25, 0.3) is 11.1 Å². The van der Waals surface area contributed by atoms with Gasteiger partial charge in [-0.25, -0.2) is 9.97 Å². The van der Waals surface area contributed by atoms with Crippen molar-refractivity contribution in [2.75, 3.05) is 0 Å². The van der Waals surface area contributed by atoms with Gasteiger partial charge in [-0.2, -0.15) is 4.39 Å². The average Bonchev–Trinajstić information content (AvgIpc) is 3.58. The predicted octanol–water partition coefficient (Wildman–Crippen LogP) is 6.56. The fourth-order valence-electron chi connectivity index (χ4n) is 4.19. The van der Waals surface area contributed by atoms with Gasteiger partial charge in [0, 0.05) is 48.2 Å². The summed E-state index contributed by atoms with van der Waals surface area (Å²) in [6.45, 7) is 2.65. The van der Waals surface area contributed by atoms with Gasteiger partial charge in [0.1, 0.15) is 5.82 Å². The number of amides is 1. The minimum atomic E-state index is -0.533. The summed E-state index contributed by atoms with van der Waals surface area (Å²) in [5.74, 6) is 0.820. The van der Waals surface area contributed by atoms with Gasteiger partial charge in [-0.15, -0.1) is 0 Å².